The van der Waals surface area contributed by atoms with Crippen molar-refractivity contribution in [3.8, 4) is 0 Å². The van der Waals surface area contributed by atoms with E-state index in [1.165, 1.54) is 32.5 Å². The molecule has 0 radical (unpaired) electrons. The highest BCUT2D eigenvalue weighted by molar-refractivity contribution is 5.30. The molecular formula is C14H23N5. The second-order valence-corrected chi connectivity index (χ2v) is 5.49. The molecule has 0 saturated carbocycles. The van der Waals surface area contributed by atoms with Gasteiger partial charge in [0.2, 0.25) is 0 Å². The maximum absolute atomic E-state index is 4.50. The predicted molar refractivity (Wildman–Crippen MR) is 76.1 cm³/mol. The Morgan fingerprint density at radius 3 is 3.00 bits per heavy atom. The highest BCUT2D eigenvalue weighted by Crippen LogP contribution is 2.22. The number of fused-ring (bicyclic) bond motifs is 1. The number of rotatable bonds is 4. The van der Waals surface area contributed by atoms with Gasteiger partial charge in [-0.1, -0.05) is 0 Å². The summed E-state index contributed by atoms with van der Waals surface area (Å²) in [4.78, 5) is 14.0. The fraction of sp³-hybridized carbons (Fsp3) is 0.714. The van der Waals surface area contributed by atoms with E-state index in [1.54, 1.807) is 0 Å². The van der Waals surface area contributed by atoms with Gasteiger partial charge in [0.1, 0.15) is 5.82 Å². The van der Waals surface area contributed by atoms with E-state index in [-0.39, 0.29) is 0 Å². The van der Waals surface area contributed by atoms with Gasteiger partial charge in [-0.05, 0) is 26.3 Å². The van der Waals surface area contributed by atoms with Crippen LogP contribution in [0.25, 0.3) is 0 Å². The van der Waals surface area contributed by atoms with Crippen LogP contribution in [0.5, 0.6) is 0 Å². The zero-order valence-electron chi connectivity index (χ0n) is 11.7. The molecule has 3 heterocycles. The van der Waals surface area contributed by atoms with Crippen LogP contribution >= 0.6 is 0 Å². The molecule has 104 valence electrons. The smallest absolute Gasteiger partial charge is 0.144 e. The van der Waals surface area contributed by atoms with Crippen molar-refractivity contribution in [3.05, 3.63) is 18.1 Å². The van der Waals surface area contributed by atoms with E-state index >= 15 is 0 Å². The number of nitrogens with zero attached hydrogens (tertiary/aromatic N) is 4. The summed E-state index contributed by atoms with van der Waals surface area (Å²) in [6.07, 6.45) is 6.47. The van der Waals surface area contributed by atoms with Crippen LogP contribution in [-0.4, -0.2) is 58.5 Å². The van der Waals surface area contributed by atoms with Gasteiger partial charge in [-0.3, -0.25) is 14.8 Å². The number of piperazine rings is 1. The van der Waals surface area contributed by atoms with Gasteiger partial charge in [-0.25, -0.2) is 4.98 Å². The van der Waals surface area contributed by atoms with Crippen molar-refractivity contribution in [1.29, 1.82) is 0 Å². The maximum Gasteiger partial charge on any atom is 0.144 e. The SMILES string of the molecule is CCNc1cnc(CN2CCN3CCCC3C2)cn1. The van der Waals surface area contributed by atoms with Gasteiger partial charge < -0.3 is 5.32 Å². The number of aromatic nitrogens is 2. The van der Waals surface area contributed by atoms with E-state index < -0.39 is 0 Å². The third-order valence-corrected chi connectivity index (χ3v) is 4.12. The lowest BCUT2D eigenvalue weighted by Gasteiger charge is -2.37. The molecule has 1 N–H and O–H groups in total. The van der Waals surface area contributed by atoms with E-state index in [1.807, 2.05) is 12.4 Å². The van der Waals surface area contributed by atoms with Crippen molar-refractivity contribution in [2.24, 2.45) is 0 Å². The van der Waals surface area contributed by atoms with Crippen molar-refractivity contribution in [2.75, 3.05) is 38.0 Å². The normalized spacial score (nSPS) is 24.4. The monoisotopic (exact) mass is 261 g/mol. The van der Waals surface area contributed by atoms with Crippen molar-refractivity contribution < 1.29 is 0 Å². The summed E-state index contributed by atoms with van der Waals surface area (Å²) < 4.78 is 0. The first-order valence-corrected chi connectivity index (χ1v) is 7.36. The number of hydrogen-bond donors (Lipinski definition) is 1. The lowest BCUT2D eigenvalue weighted by atomic mass is 10.1. The van der Waals surface area contributed by atoms with Crippen LogP contribution in [0.4, 0.5) is 5.82 Å². The molecule has 2 aliphatic heterocycles. The summed E-state index contributed by atoms with van der Waals surface area (Å²) in [6, 6.07) is 0.780. The summed E-state index contributed by atoms with van der Waals surface area (Å²) in [5.74, 6) is 0.867. The van der Waals surface area contributed by atoms with Gasteiger partial charge in [0.05, 0.1) is 18.1 Å². The summed E-state index contributed by atoms with van der Waals surface area (Å²) in [5.41, 5.74) is 1.08. The Morgan fingerprint density at radius 2 is 2.21 bits per heavy atom. The van der Waals surface area contributed by atoms with E-state index in [9.17, 15) is 0 Å². The number of anilines is 1. The fourth-order valence-corrected chi connectivity index (χ4v) is 3.14. The third kappa shape index (κ3) is 3.04. The molecule has 1 atom stereocenters. The Morgan fingerprint density at radius 1 is 1.26 bits per heavy atom. The maximum atomic E-state index is 4.50. The first kappa shape index (κ1) is 12.8. The molecule has 2 saturated heterocycles. The number of nitrogens with one attached hydrogen (secondary N) is 1. The van der Waals surface area contributed by atoms with Crippen LogP contribution in [0.2, 0.25) is 0 Å². The van der Waals surface area contributed by atoms with E-state index in [4.69, 9.17) is 0 Å². The molecule has 1 aromatic heterocycles. The Bertz CT molecular complexity index is 405. The van der Waals surface area contributed by atoms with Crippen molar-refractivity contribution in [3.63, 3.8) is 0 Å². The van der Waals surface area contributed by atoms with E-state index in [0.717, 1.165) is 37.2 Å². The predicted octanol–water partition coefficient (Wildman–Crippen LogP) is 1.19. The van der Waals surface area contributed by atoms with Gasteiger partial charge in [0.15, 0.2) is 0 Å². The minimum Gasteiger partial charge on any atom is -0.369 e. The highest BCUT2D eigenvalue weighted by Gasteiger charge is 2.30. The molecule has 3 rings (SSSR count). The standard InChI is InChI=1S/C14H23N5/c1-2-15-14-9-16-12(8-17-14)10-18-6-7-19-5-3-4-13(19)11-18/h8-9,13H,2-7,10-11H2,1H3,(H,15,17). The first-order chi connectivity index (χ1) is 9.35. The molecule has 5 heteroatoms. The summed E-state index contributed by atoms with van der Waals surface area (Å²) in [7, 11) is 0. The second-order valence-electron chi connectivity index (χ2n) is 5.49. The number of hydrogen-bond acceptors (Lipinski definition) is 5. The summed E-state index contributed by atoms with van der Waals surface area (Å²) in [5, 5.41) is 3.17. The molecule has 0 aromatic carbocycles. The zero-order chi connectivity index (χ0) is 13.1. The molecule has 1 unspecified atom stereocenters. The fourth-order valence-electron chi connectivity index (χ4n) is 3.14. The zero-order valence-corrected chi connectivity index (χ0v) is 11.7. The molecule has 1 aromatic rings. The van der Waals surface area contributed by atoms with Crippen molar-refractivity contribution >= 4 is 5.82 Å². The lowest BCUT2D eigenvalue weighted by molar-refractivity contribution is 0.0984. The summed E-state index contributed by atoms with van der Waals surface area (Å²) in [6.45, 7) is 8.76. The van der Waals surface area contributed by atoms with Gasteiger partial charge in [-0.15, -0.1) is 0 Å². The van der Waals surface area contributed by atoms with Crippen molar-refractivity contribution in [1.82, 2.24) is 19.8 Å². The molecule has 0 amide bonds. The van der Waals surface area contributed by atoms with Gasteiger partial charge >= 0.3 is 0 Å². The van der Waals surface area contributed by atoms with Gasteiger partial charge in [-0.2, -0.15) is 0 Å². The van der Waals surface area contributed by atoms with Crippen LogP contribution in [-0.2, 0) is 6.54 Å². The van der Waals surface area contributed by atoms with Crippen LogP contribution in [0, 0.1) is 0 Å². The average molecular weight is 261 g/mol. The molecule has 2 fully saturated rings. The largest absolute Gasteiger partial charge is 0.369 e. The molecule has 2 aliphatic rings. The first-order valence-electron chi connectivity index (χ1n) is 7.36. The minimum atomic E-state index is 0.780. The molecule has 0 bridgehead atoms. The van der Waals surface area contributed by atoms with Crippen LogP contribution in [0.3, 0.4) is 0 Å². The minimum absolute atomic E-state index is 0.780. The van der Waals surface area contributed by atoms with Gasteiger partial charge in [0.25, 0.3) is 0 Å². The van der Waals surface area contributed by atoms with Crippen LogP contribution in [0.1, 0.15) is 25.5 Å². The second kappa shape index (κ2) is 5.84. The van der Waals surface area contributed by atoms with Crippen LogP contribution in [0.15, 0.2) is 12.4 Å². The Balaban J connectivity index is 1.56. The molecule has 0 spiro atoms. The topological polar surface area (TPSA) is 44.3 Å². The molecule has 5 nitrogen and oxygen atoms in total. The van der Waals surface area contributed by atoms with E-state index in [2.05, 4.69) is 32.0 Å². The van der Waals surface area contributed by atoms with Crippen LogP contribution < -0.4 is 5.32 Å². The average Bonchev–Trinajstić information content (AvgIpc) is 2.89. The Labute approximate surface area is 115 Å². The van der Waals surface area contributed by atoms with Gasteiger partial charge in [0, 0.05) is 38.8 Å². The quantitative estimate of drug-likeness (QED) is 0.882. The molecule has 0 aliphatic carbocycles. The third-order valence-electron chi connectivity index (χ3n) is 4.12. The lowest BCUT2D eigenvalue weighted by Crippen LogP contribution is -2.49. The summed E-state index contributed by atoms with van der Waals surface area (Å²) >= 11 is 0. The Hall–Kier alpha value is -1.20. The Kier molecular flexibility index (Phi) is 3.94. The highest BCUT2D eigenvalue weighted by atomic mass is 15.3. The van der Waals surface area contributed by atoms with Crippen molar-refractivity contribution in [2.45, 2.75) is 32.4 Å². The molecular weight excluding hydrogens is 238 g/mol. The van der Waals surface area contributed by atoms with E-state index in [0.29, 0.717) is 0 Å². The molecule has 19 heavy (non-hydrogen) atoms.